The molecule has 0 spiro atoms. The molecule has 1 atom stereocenters. The van der Waals surface area contributed by atoms with Crippen molar-refractivity contribution in [3.8, 4) is 5.75 Å². The lowest BCUT2D eigenvalue weighted by molar-refractivity contribution is -0.116. The molecule has 18 heavy (non-hydrogen) atoms. The van der Waals surface area contributed by atoms with Crippen LogP contribution in [0, 0.1) is 5.92 Å². The van der Waals surface area contributed by atoms with E-state index in [9.17, 15) is 4.79 Å². The number of halogens is 1. The Hall–Kier alpha value is -1.07. The van der Waals surface area contributed by atoms with Crippen LogP contribution in [-0.4, -0.2) is 12.5 Å². The Balaban J connectivity index is 2.14. The second kappa shape index (κ2) is 5.28. The van der Waals surface area contributed by atoms with Gasteiger partial charge in [-0.2, -0.15) is 0 Å². The van der Waals surface area contributed by atoms with Crippen molar-refractivity contribution in [1.29, 1.82) is 0 Å². The molecule has 2 rings (SSSR count). The molecule has 0 radical (unpaired) electrons. The van der Waals surface area contributed by atoms with Crippen LogP contribution in [0.15, 0.2) is 16.6 Å². The van der Waals surface area contributed by atoms with Gasteiger partial charge in [0.2, 0.25) is 5.91 Å². The first-order valence-electron chi connectivity index (χ1n) is 6.01. The fourth-order valence-electron chi connectivity index (χ4n) is 1.80. The summed E-state index contributed by atoms with van der Waals surface area (Å²) in [5, 5.41) is 2.75. The predicted octanol–water partition coefficient (Wildman–Crippen LogP) is 2.83. The number of anilines is 1. The molecule has 0 bridgehead atoms. The molecule has 98 valence electrons. The van der Waals surface area contributed by atoms with Gasteiger partial charge in [-0.1, -0.05) is 13.8 Å². The van der Waals surface area contributed by atoms with E-state index < -0.39 is 6.04 Å². The minimum atomic E-state index is -0.582. The molecule has 1 amide bonds. The van der Waals surface area contributed by atoms with Crippen LogP contribution >= 0.6 is 15.9 Å². The second-order valence-electron chi connectivity index (χ2n) is 4.87. The monoisotopic (exact) mass is 312 g/mol. The van der Waals surface area contributed by atoms with Crippen LogP contribution in [0.1, 0.15) is 31.9 Å². The lowest BCUT2D eigenvalue weighted by Gasteiger charge is -2.11. The van der Waals surface area contributed by atoms with E-state index >= 15 is 0 Å². The minimum Gasteiger partial charge on any atom is -0.492 e. The van der Waals surface area contributed by atoms with Gasteiger partial charge in [-0.15, -0.1) is 0 Å². The van der Waals surface area contributed by atoms with E-state index in [1.54, 1.807) is 0 Å². The van der Waals surface area contributed by atoms with Crippen molar-refractivity contribution in [2.75, 3.05) is 11.9 Å². The molecule has 0 saturated carbocycles. The van der Waals surface area contributed by atoms with E-state index in [1.165, 1.54) is 0 Å². The maximum Gasteiger partial charge on any atom is 0.245 e. The topological polar surface area (TPSA) is 64.3 Å². The summed E-state index contributed by atoms with van der Waals surface area (Å²) in [5.74, 6) is 1.17. The zero-order valence-electron chi connectivity index (χ0n) is 10.5. The number of ether oxygens (including phenoxy) is 1. The third-order valence-electron chi connectivity index (χ3n) is 2.93. The molecule has 1 aliphatic rings. The minimum absolute atomic E-state index is 0.170. The molecule has 0 saturated heterocycles. The Morgan fingerprint density at radius 1 is 1.50 bits per heavy atom. The number of rotatable bonds is 4. The second-order valence-corrected chi connectivity index (χ2v) is 5.72. The third kappa shape index (κ3) is 2.67. The molecular weight excluding hydrogens is 296 g/mol. The summed E-state index contributed by atoms with van der Waals surface area (Å²) in [7, 11) is 0. The molecule has 1 heterocycles. The first kappa shape index (κ1) is 13.4. The predicted molar refractivity (Wildman–Crippen MR) is 74.7 cm³/mol. The van der Waals surface area contributed by atoms with Crippen LogP contribution in [0.5, 0.6) is 5.75 Å². The Kier molecular flexibility index (Phi) is 3.92. The largest absolute Gasteiger partial charge is 0.492 e. The number of hydrogen-bond donors (Lipinski definition) is 2. The average Bonchev–Trinajstić information content (AvgIpc) is 2.55. The van der Waals surface area contributed by atoms with E-state index in [4.69, 9.17) is 10.5 Å². The fraction of sp³-hybridized carbons (Fsp3) is 0.462. The van der Waals surface area contributed by atoms with Gasteiger partial charge in [0.25, 0.3) is 0 Å². The van der Waals surface area contributed by atoms with Gasteiger partial charge < -0.3 is 15.8 Å². The van der Waals surface area contributed by atoms with E-state index in [1.807, 2.05) is 12.1 Å². The molecule has 1 aromatic carbocycles. The highest BCUT2D eigenvalue weighted by molar-refractivity contribution is 9.10. The summed E-state index contributed by atoms with van der Waals surface area (Å²) in [6, 6.07) is 3.09. The molecule has 5 heteroatoms. The lowest BCUT2D eigenvalue weighted by Crippen LogP contribution is -2.19. The molecule has 1 aliphatic heterocycles. The number of carbonyl (C=O) groups excluding carboxylic acids is 1. The fourth-order valence-corrected chi connectivity index (χ4v) is 2.28. The van der Waals surface area contributed by atoms with Crippen LogP contribution in [-0.2, 0) is 4.79 Å². The number of nitrogens with two attached hydrogens (primary N) is 1. The molecule has 1 unspecified atom stereocenters. The van der Waals surface area contributed by atoms with Crippen molar-refractivity contribution in [3.63, 3.8) is 0 Å². The first-order valence-corrected chi connectivity index (χ1v) is 6.81. The van der Waals surface area contributed by atoms with Crippen molar-refractivity contribution in [1.82, 2.24) is 0 Å². The summed E-state index contributed by atoms with van der Waals surface area (Å²) < 4.78 is 6.53. The van der Waals surface area contributed by atoms with Crippen LogP contribution in [0.3, 0.4) is 0 Å². The van der Waals surface area contributed by atoms with Gasteiger partial charge in [0.15, 0.2) is 0 Å². The van der Waals surface area contributed by atoms with Crippen molar-refractivity contribution in [3.05, 3.63) is 22.2 Å². The van der Waals surface area contributed by atoms with Crippen LogP contribution in [0.4, 0.5) is 5.69 Å². The summed E-state index contributed by atoms with van der Waals surface area (Å²) in [4.78, 5) is 11.5. The molecule has 3 N–H and O–H groups in total. The van der Waals surface area contributed by atoms with Crippen LogP contribution in [0.2, 0.25) is 0 Å². The SMILES string of the molecule is CC(C)CCOc1cc2c(cc1Br)C(N)C(=O)N2. The average molecular weight is 313 g/mol. The Morgan fingerprint density at radius 2 is 2.22 bits per heavy atom. The van der Waals surface area contributed by atoms with Crippen molar-refractivity contribution in [2.45, 2.75) is 26.3 Å². The zero-order chi connectivity index (χ0) is 13.3. The normalized spacial score (nSPS) is 17.8. The summed E-state index contributed by atoms with van der Waals surface area (Å²) in [5.41, 5.74) is 7.33. The summed E-state index contributed by atoms with van der Waals surface area (Å²) >= 11 is 3.44. The summed E-state index contributed by atoms with van der Waals surface area (Å²) in [6.07, 6.45) is 0.995. The quantitative estimate of drug-likeness (QED) is 0.898. The standard InChI is InChI=1S/C13H17BrN2O2/c1-7(2)3-4-18-11-6-10-8(5-9(11)14)12(15)13(17)16-10/h5-7,12H,3-4,15H2,1-2H3,(H,16,17). The third-order valence-corrected chi connectivity index (χ3v) is 3.55. The summed E-state index contributed by atoms with van der Waals surface area (Å²) in [6.45, 7) is 4.97. The Labute approximate surface area is 115 Å². The number of amides is 1. The molecule has 0 fully saturated rings. The number of nitrogens with one attached hydrogen (secondary N) is 1. The Bertz CT molecular complexity index is 474. The number of hydrogen-bond acceptors (Lipinski definition) is 3. The van der Waals surface area contributed by atoms with Crippen molar-refractivity contribution >= 4 is 27.5 Å². The molecule has 0 aromatic heterocycles. The molecule has 0 aliphatic carbocycles. The highest BCUT2D eigenvalue weighted by Gasteiger charge is 2.28. The van der Waals surface area contributed by atoms with Crippen LogP contribution in [0.25, 0.3) is 0 Å². The van der Waals surface area contributed by atoms with Gasteiger partial charge in [-0.25, -0.2) is 0 Å². The highest BCUT2D eigenvalue weighted by atomic mass is 79.9. The van der Waals surface area contributed by atoms with Crippen LogP contribution < -0.4 is 15.8 Å². The van der Waals surface area contributed by atoms with Gasteiger partial charge in [0, 0.05) is 17.3 Å². The van der Waals surface area contributed by atoms with E-state index in [0.717, 1.165) is 27.9 Å². The zero-order valence-corrected chi connectivity index (χ0v) is 12.1. The number of benzene rings is 1. The van der Waals surface area contributed by atoms with Gasteiger partial charge in [0.05, 0.1) is 11.1 Å². The van der Waals surface area contributed by atoms with Crippen molar-refractivity contribution < 1.29 is 9.53 Å². The smallest absolute Gasteiger partial charge is 0.245 e. The maximum atomic E-state index is 11.5. The molecule has 1 aromatic rings. The van der Waals surface area contributed by atoms with Crippen molar-refractivity contribution in [2.24, 2.45) is 11.7 Å². The first-order chi connectivity index (χ1) is 8.49. The molecular formula is C13H17BrN2O2. The van der Waals surface area contributed by atoms with Gasteiger partial charge >= 0.3 is 0 Å². The van der Waals surface area contributed by atoms with Gasteiger partial charge in [-0.3, -0.25) is 4.79 Å². The Morgan fingerprint density at radius 3 is 2.89 bits per heavy atom. The maximum absolute atomic E-state index is 11.5. The lowest BCUT2D eigenvalue weighted by atomic mass is 10.1. The highest BCUT2D eigenvalue weighted by Crippen LogP contribution is 2.37. The molecule has 4 nitrogen and oxygen atoms in total. The van der Waals surface area contributed by atoms with E-state index in [0.29, 0.717) is 12.5 Å². The van der Waals surface area contributed by atoms with Gasteiger partial charge in [-0.05, 0) is 34.3 Å². The number of fused-ring (bicyclic) bond motifs is 1. The van der Waals surface area contributed by atoms with E-state index in [2.05, 4.69) is 35.1 Å². The number of carbonyl (C=O) groups is 1. The van der Waals surface area contributed by atoms with E-state index in [-0.39, 0.29) is 5.91 Å². The van der Waals surface area contributed by atoms with Gasteiger partial charge in [0.1, 0.15) is 11.8 Å².